The SMILES string of the molecule is O=C(Nc1ccccc1C=Cc1ccc2cccc(O)c2n1)[C@@H]1CCCN1. The molecule has 0 unspecified atom stereocenters. The Hall–Kier alpha value is -3.18. The van der Waals surface area contributed by atoms with Crippen LogP contribution in [0.2, 0.25) is 0 Å². The smallest absolute Gasteiger partial charge is 0.241 e. The molecule has 0 saturated carbocycles. The van der Waals surface area contributed by atoms with E-state index in [4.69, 9.17) is 0 Å². The summed E-state index contributed by atoms with van der Waals surface area (Å²) in [6, 6.07) is 16.7. The molecule has 3 N–H and O–H groups in total. The fraction of sp³-hybridized carbons (Fsp3) is 0.182. The highest BCUT2D eigenvalue weighted by molar-refractivity contribution is 5.97. The molecule has 3 aromatic rings. The largest absolute Gasteiger partial charge is 0.506 e. The van der Waals surface area contributed by atoms with Gasteiger partial charge in [-0.15, -0.1) is 0 Å². The van der Waals surface area contributed by atoms with Crippen LogP contribution >= 0.6 is 0 Å². The standard InChI is InChI=1S/C22H21N3O2/c26-20-9-3-6-16-11-13-17(24-21(16)20)12-10-15-5-1-2-7-18(15)25-22(27)19-8-4-14-23-19/h1-3,5-7,9-13,19,23,26H,4,8,14H2,(H,25,27)/t19-/m0/s1. The van der Waals surface area contributed by atoms with Crippen molar-refractivity contribution < 1.29 is 9.90 Å². The molecule has 1 saturated heterocycles. The summed E-state index contributed by atoms with van der Waals surface area (Å²) in [5.74, 6) is 0.168. The fourth-order valence-corrected chi connectivity index (χ4v) is 3.30. The number of pyridine rings is 1. The van der Waals surface area contributed by atoms with Gasteiger partial charge in [-0.05, 0) is 49.2 Å². The minimum atomic E-state index is -0.118. The monoisotopic (exact) mass is 359 g/mol. The number of phenolic OH excluding ortho intramolecular Hbond substituents is 1. The maximum atomic E-state index is 12.4. The summed E-state index contributed by atoms with van der Waals surface area (Å²) in [4.78, 5) is 16.9. The Morgan fingerprint density at radius 3 is 2.85 bits per heavy atom. The summed E-state index contributed by atoms with van der Waals surface area (Å²) in [6.07, 6.45) is 5.70. The van der Waals surface area contributed by atoms with Gasteiger partial charge in [0.2, 0.25) is 5.91 Å². The Balaban J connectivity index is 1.57. The molecule has 2 heterocycles. The predicted octanol–water partition coefficient (Wildman–Crippen LogP) is 3.80. The van der Waals surface area contributed by atoms with Crippen LogP contribution in [0, 0.1) is 0 Å². The lowest BCUT2D eigenvalue weighted by Crippen LogP contribution is -2.35. The molecule has 136 valence electrons. The van der Waals surface area contributed by atoms with Gasteiger partial charge in [0.1, 0.15) is 11.3 Å². The molecule has 0 aliphatic carbocycles. The van der Waals surface area contributed by atoms with Crippen LogP contribution in [-0.4, -0.2) is 28.6 Å². The summed E-state index contributed by atoms with van der Waals surface area (Å²) in [5.41, 5.74) is 3.00. The number of para-hydroxylation sites is 2. The quantitative estimate of drug-likeness (QED) is 0.662. The summed E-state index contributed by atoms with van der Waals surface area (Å²) in [7, 11) is 0. The number of nitrogens with one attached hydrogen (secondary N) is 2. The van der Waals surface area contributed by atoms with Crippen molar-refractivity contribution >= 4 is 34.6 Å². The summed E-state index contributed by atoms with van der Waals surface area (Å²) >= 11 is 0. The summed E-state index contributed by atoms with van der Waals surface area (Å²) in [5, 5.41) is 17.1. The van der Waals surface area contributed by atoms with E-state index in [0.29, 0.717) is 5.52 Å². The van der Waals surface area contributed by atoms with Crippen molar-refractivity contribution in [1.82, 2.24) is 10.3 Å². The number of hydrogen-bond acceptors (Lipinski definition) is 4. The Kier molecular flexibility index (Phi) is 4.85. The van der Waals surface area contributed by atoms with Crippen LogP contribution in [0.4, 0.5) is 5.69 Å². The first-order valence-corrected chi connectivity index (χ1v) is 9.11. The van der Waals surface area contributed by atoms with Gasteiger partial charge in [0, 0.05) is 11.1 Å². The van der Waals surface area contributed by atoms with Crippen molar-refractivity contribution in [2.45, 2.75) is 18.9 Å². The number of carbonyl (C=O) groups is 1. The lowest BCUT2D eigenvalue weighted by Gasteiger charge is -2.13. The molecule has 1 aromatic heterocycles. The Labute approximate surface area is 157 Å². The summed E-state index contributed by atoms with van der Waals surface area (Å²) in [6.45, 7) is 0.889. The number of rotatable bonds is 4. The molecule has 0 spiro atoms. The van der Waals surface area contributed by atoms with Gasteiger partial charge < -0.3 is 15.7 Å². The topological polar surface area (TPSA) is 74.2 Å². The Bertz CT molecular complexity index is 1010. The molecular formula is C22H21N3O2. The van der Waals surface area contributed by atoms with Crippen molar-refractivity contribution in [3.05, 3.63) is 65.9 Å². The number of nitrogens with zero attached hydrogens (tertiary/aromatic N) is 1. The third-order valence-electron chi connectivity index (χ3n) is 4.75. The zero-order chi connectivity index (χ0) is 18.6. The highest BCUT2D eigenvalue weighted by Gasteiger charge is 2.22. The van der Waals surface area contributed by atoms with Gasteiger partial charge in [0.15, 0.2) is 0 Å². The van der Waals surface area contributed by atoms with Gasteiger partial charge in [0.05, 0.1) is 11.7 Å². The van der Waals surface area contributed by atoms with Gasteiger partial charge in [-0.2, -0.15) is 0 Å². The molecule has 1 aliphatic heterocycles. The number of aromatic hydroxyl groups is 1. The maximum absolute atomic E-state index is 12.4. The minimum Gasteiger partial charge on any atom is -0.506 e. The average molecular weight is 359 g/mol. The average Bonchev–Trinajstić information content (AvgIpc) is 3.23. The van der Waals surface area contributed by atoms with E-state index in [9.17, 15) is 9.90 Å². The molecule has 5 heteroatoms. The molecule has 1 aliphatic rings. The highest BCUT2D eigenvalue weighted by Crippen LogP contribution is 2.24. The molecule has 27 heavy (non-hydrogen) atoms. The first kappa shape index (κ1) is 17.2. The van der Waals surface area contributed by atoms with Crippen molar-refractivity contribution in [3.8, 4) is 5.75 Å². The molecule has 1 fully saturated rings. The molecular weight excluding hydrogens is 338 g/mol. The van der Waals surface area contributed by atoms with Gasteiger partial charge in [-0.1, -0.05) is 42.5 Å². The number of benzene rings is 2. The van der Waals surface area contributed by atoms with Crippen LogP contribution in [0.25, 0.3) is 23.1 Å². The third kappa shape index (κ3) is 3.83. The van der Waals surface area contributed by atoms with E-state index in [0.717, 1.165) is 41.7 Å². The van der Waals surface area contributed by atoms with E-state index < -0.39 is 0 Å². The number of carbonyl (C=O) groups excluding carboxylic acids is 1. The Morgan fingerprint density at radius 2 is 2.00 bits per heavy atom. The van der Waals surface area contributed by atoms with Gasteiger partial charge in [-0.3, -0.25) is 4.79 Å². The van der Waals surface area contributed by atoms with E-state index in [-0.39, 0.29) is 17.7 Å². The lowest BCUT2D eigenvalue weighted by molar-refractivity contribution is -0.117. The lowest BCUT2D eigenvalue weighted by atomic mass is 10.1. The number of phenols is 1. The summed E-state index contributed by atoms with van der Waals surface area (Å²) < 4.78 is 0. The second-order valence-electron chi connectivity index (χ2n) is 6.64. The minimum absolute atomic E-state index is 0.00195. The van der Waals surface area contributed by atoms with E-state index >= 15 is 0 Å². The first-order valence-electron chi connectivity index (χ1n) is 9.11. The molecule has 2 aromatic carbocycles. The van der Waals surface area contributed by atoms with E-state index in [1.54, 1.807) is 12.1 Å². The Morgan fingerprint density at radius 1 is 1.11 bits per heavy atom. The molecule has 4 rings (SSSR count). The molecule has 0 bridgehead atoms. The zero-order valence-corrected chi connectivity index (χ0v) is 14.9. The van der Waals surface area contributed by atoms with Crippen molar-refractivity contribution in [3.63, 3.8) is 0 Å². The molecule has 0 radical (unpaired) electrons. The fourth-order valence-electron chi connectivity index (χ4n) is 3.30. The predicted molar refractivity (Wildman–Crippen MR) is 108 cm³/mol. The first-order chi connectivity index (χ1) is 13.2. The van der Waals surface area contributed by atoms with E-state index in [2.05, 4.69) is 15.6 Å². The number of amides is 1. The number of fused-ring (bicyclic) bond motifs is 1. The molecule has 5 nitrogen and oxygen atoms in total. The van der Waals surface area contributed by atoms with E-state index in [1.807, 2.05) is 54.6 Å². The van der Waals surface area contributed by atoms with Crippen LogP contribution in [-0.2, 0) is 4.79 Å². The zero-order valence-electron chi connectivity index (χ0n) is 14.9. The maximum Gasteiger partial charge on any atom is 0.241 e. The van der Waals surface area contributed by atoms with Crippen LogP contribution < -0.4 is 10.6 Å². The second kappa shape index (κ2) is 7.60. The molecule has 1 amide bonds. The van der Waals surface area contributed by atoms with Crippen molar-refractivity contribution in [1.29, 1.82) is 0 Å². The van der Waals surface area contributed by atoms with Gasteiger partial charge >= 0.3 is 0 Å². The number of anilines is 1. The van der Waals surface area contributed by atoms with Crippen LogP contribution in [0.5, 0.6) is 5.75 Å². The molecule has 1 atom stereocenters. The van der Waals surface area contributed by atoms with Gasteiger partial charge in [0.25, 0.3) is 0 Å². The third-order valence-corrected chi connectivity index (χ3v) is 4.75. The number of aromatic nitrogens is 1. The van der Waals surface area contributed by atoms with E-state index in [1.165, 1.54) is 0 Å². The van der Waals surface area contributed by atoms with Crippen LogP contribution in [0.3, 0.4) is 0 Å². The number of hydrogen-bond donors (Lipinski definition) is 3. The van der Waals surface area contributed by atoms with Gasteiger partial charge in [-0.25, -0.2) is 4.98 Å². The normalized spacial score (nSPS) is 16.8. The van der Waals surface area contributed by atoms with Crippen LogP contribution in [0.15, 0.2) is 54.6 Å². The second-order valence-corrected chi connectivity index (χ2v) is 6.64. The van der Waals surface area contributed by atoms with Crippen molar-refractivity contribution in [2.24, 2.45) is 0 Å². The highest BCUT2D eigenvalue weighted by atomic mass is 16.3. The van der Waals surface area contributed by atoms with Crippen molar-refractivity contribution in [2.75, 3.05) is 11.9 Å². The van der Waals surface area contributed by atoms with Crippen LogP contribution in [0.1, 0.15) is 24.1 Å².